The van der Waals surface area contributed by atoms with Crippen molar-refractivity contribution in [3.8, 4) is 23.8 Å². The van der Waals surface area contributed by atoms with Crippen LogP contribution in [-0.2, 0) is 14.8 Å². The van der Waals surface area contributed by atoms with E-state index in [0.29, 0.717) is 28.1 Å². The molecule has 12 heteroatoms. The molecule has 3 aromatic rings. The Morgan fingerprint density at radius 3 is 2.23 bits per heavy atom. The van der Waals surface area contributed by atoms with Crippen LogP contribution in [0.5, 0.6) is 11.6 Å². The number of nitriles is 2. The summed E-state index contributed by atoms with van der Waals surface area (Å²) in [4.78, 5) is 23.3. The van der Waals surface area contributed by atoms with Gasteiger partial charge in [-0.25, -0.2) is 13.4 Å². The number of ether oxygens (including phenoxy) is 1. The molecule has 4 rings (SSSR count). The summed E-state index contributed by atoms with van der Waals surface area (Å²) in [6, 6.07) is 14.4. The van der Waals surface area contributed by atoms with Crippen LogP contribution < -0.4 is 10.1 Å². The lowest BCUT2D eigenvalue weighted by Gasteiger charge is -2.32. The Hall–Kier alpha value is -4.78. The third-order valence-electron chi connectivity index (χ3n) is 6.26. The average Bonchev–Trinajstić information content (AvgIpc) is 2.94. The minimum atomic E-state index is -3.30. The molecule has 40 heavy (non-hydrogen) atoms. The molecule has 0 atom stereocenters. The fourth-order valence-corrected chi connectivity index (χ4v) is 4.99. The van der Waals surface area contributed by atoms with E-state index in [0.717, 1.165) is 17.4 Å². The van der Waals surface area contributed by atoms with Crippen molar-refractivity contribution in [3.63, 3.8) is 0 Å². The topological polar surface area (TPSA) is 152 Å². The molecule has 2 aromatic carbocycles. The number of hydrogen-bond donors (Lipinski definition) is 1. The van der Waals surface area contributed by atoms with Gasteiger partial charge in [0.25, 0.3) is 0 Å². The van der Waals surface area contributed by atoms with Crippen LogP contribution in [0.2, 0.25) is 0 Å². The van der Waals surface area contributed by atoms with E-state index in [1.54, 1.807) is 47.4 Å². The minimum absolute atomic E-state index is 0.188. The summed E-state index contributed by atoms with van der Waals surface area (Å²) in [5.74, 6) is 0.682. The highest BCUT2D eigenvalue weighted by atomic mass is 32.2. The first-order chi connectivity index (χ1) is 19.1. The molecule has 204 valence electrons. The quantitative estimate of drug-likeness (QED) is 0.430. The largest absolute Gasteiger partial charge is 0.438 e. The molecule has 1 fully saturated rings. The number of aromatic nitrogens is 2. The first-order valence-electron chi connectivity index (χ1n) is 12.3. The molecule has 1 saturated heterocycles. The van der Waals surface area contributed by atoms with Crippen LogP contribution in [-0.4, -0.2) is 65.9 Å². The third kappa shape index (κ3) is 6.80. The summed E-state index contributed by atoms with van der Waals surface area (Å²) in [5, 5.41) is 21.4. The van der Waals surface area contributed by atoms with Crippen molar-refractivity contribution in [2.45, 2.75) is 13.8 Å². The number of rotatable bonds is 7. The number of benzene rings is 2. The molecular formula is C28H27N7O4S. The summed E-state index contributed by atoms with van der Waals surface area (Å²) in [6.07, 6.45) is 5.62. The van der Waals surface area contributed by atoms with Gasteiger partial charge in [0.1, 0.15) is 5.75 Å². The van der Waals surface area contributed by atoms with Crippen molar-refractivity contribution in [1.29, 1.82) is 10.5 Å². The molecule has 1 aliphatic heterocycles. The predicted octanol–water partition coefficient (Wildman–Crippen LogP) is 3.49. The zero-order valence-electron chi connectivity index (χ0n) is 22.2. The number of sulfonamides is 1. The maximum atomic E-state index is 12.9. The molecule has 0 unspecified atom stereocenters. The van der Waals surface area contributed by atoms with Crippen LogP contribution in [0.1, 0.15) is 27.8 Å². The molecule has 1 aromatic heterocycles. The summed E-state index contributed by atoms with van der Waals surface area (Å²) < 4.78 is 31.1. The van der Waals surface area contributed by atoms with E-state index in [4.69, 9.17) is 10.00 Å². The number of nitrogens with one attached hydrogen (secondary N) is 1. The molecule has 1 aliphatic rings. The Balaban J connectivity index is 1.61. The maximum absolute atomic E-state index is 12.9. The van der Waals surface area contributed by atoms with Gasteiger partial charge in [-0.05, 0) is 67.4 Å². The lowest BCUT2D eigenvalue weighted by atomic mass is 10.1. The molecular weight excluding hydrogens is 530 g/mol. The normalized spacial score (nSPS) is 14.0. The highest BCUT2D eigenvalue weighted by Gasteiger charge is 2.25. The first-order valence-corrected chi connectivity index (χ1v) is 14.2. The number of carbonyl (C=O) groups excluding carboxylic acids is 1. The van der Waals surface area contributed by atoms with Gasteiger partial charge < -0.3 is 15.0 Å². The first kappa shape index (κ1) is 28.2. The van der Waals surface area contributed by atoms with Gasteiger partial charge in [0.05, 0.1) is 35.1 Å². The lowest BCUT2D eigenvalue weighted by molar-refractivity contribution is -0.127. The molecule has 1 amide bonds. The fourth-order valence-electron chi connectivity index (χ4n) is 4.17. The van der Waals surface area contributed by atoms with Crippen LogP contribution in [0.3, 0.4) is 0 Å². The lowest BCUT2D eigenvalue weighted by Crippen LogP contribution is -2.49. The molecule has 11 nitrogen and oxygen atoms in total. The molecule has 0 aliphatic carbocycles. The molecule has 1 N–H and O–H groups in total. The third-order valence-corrected chi connectivity index (χ3v) is 7.57. The minimum Gasteiger partial charge on any atom is -0.438 e. The Bertz CT molecular complexity index is 1620. The summed E-state index contributed by atoms with van der Waals surface area (Å²) in [7, 11) is -3.30. The Morgan fingerprint density at radius 1 is 1.02 bits per heavy atom. The number of anilines is 2. The number of carbonyl (C=O) groups is 1. The number of amides is 1. The van der Waals surface area contributed by atoms with Crippen LogP contribution in [0.4, 0.5) is 11.6 Å². The van der Waals surface area contributed by atoms with Crippen molar-refractivity contribution >= 4 is 33.6 Å². The smallest absolute Gasteiger partial charge is 0.246 e. The van der Waals surface area contributed by atoms with Gasteiger partial charge in [0, 0.05) is 44.1 Å². The zero-order chi connectivity index (χ0) is 28.9. The molecule has 0 bridgehead atoms. The standard InChI is InChI=1S/C28H27N7O4S/c1-19-14-22(17-30)15-20(2)26(19)39-27-23(6-9-25(36)34-10-12-35(13-11-34)40(3,37)38)18-31-28(33-27)32-24-7-4-21(16-29)5-8-24/h4-9,14-15,18H,10-13H2,1-3H3,(H,31,32,33)/b9-6+. The van der Waals surface area contributed by atoms with Crippen LogP contribution in [0.15, 0.2) is 48.7 Å². The number of aryl methyl sites for hydroxylation is 2. The summed E-state index contributed by atoms with van der Waals surface area (Å²) >= 11 is 0. The van der Waals surface area contributed by atoms with Gasteiger partial charge in [-0.3, -0.25) is 4.79 Å². The molecule has 2 heterocycles. The highest BCUT2D eigenvalue weighted by Crippen LogP contribution is 2.32. The summed E-state index contributed by atoms with van der Waals surface area (Å²) in [6.45, 7) is 4.71. The molecule has 0 spiro atoms. The van der Waals surface area contributed by atoms with Crippen molar-refractivity contribution in [1.82, 2.24) is 19.2 Å². The van der Waals surface area contributed by atoms with Crippen LogP contribution in [0.25, 0.3) is 6.08 Å². The van der Waals surface area contributed by atoms with Gasteiger partial charge in [0.2, 0.25) is 27.8 Å². The van der Waals surface area contributed by atoms with E-state index in [2.05, 4.69) is 27.4 Å². The van der Waals surface area contributed by atoms with Gasteiger partial charge in [-0.15, -0.1) is 0 Å². The van der Waals surface area contributed by atoms with Crippen LogP contribution >= 0.6 is 0 Å². The van der Waals surface area contributed by atoms with E-state index in [-0.39, 0.29) is 43.9 Å². The number of nitrogens with zero attached hydrogens (tertiary/aromatic N) is 6. The monoisotopic (exact) mass is 557 g/mol. The van der Waals surface area contributed by atoms with Gasteiger partial charge >= 0.3 is 0 Å². The van der Waals surface area contributed by atoms with E-state index >= 15 is 0 Å². The zero-order valence-corrected chi connectivity index (χ0v) is 23.1. The van der Waals surface area contributed by atoms with Gasteiger partial charge in [-0.1, -0.05) is 0 Å². The Kier molecular flexibility index (Phi) is 8.43. The van der Waals surface area contributed by atoms with E-state index < -0.39 is 10.0 Å². The second-order valence-electron chi connectivity index (χ2n) is 9.24. The number of piperazine rings is 1. The van der Waals surface area contributed by atoms with Crippen molar-refractivity contribution in [2.24, 2.45) is 0 Å². The maximum Gasteiger partial charge on any atom is 0.246 e. The predicted molar refractivity (Wildman–Crippen MR) is 149 cm³/mol. The van der Waals surface area contributed by atoms with E-state index in [1.807, 2.05) is 13.8 Å². The SMILES string of the molecule is Cc1cc(C#N)cc(C)c1Oc1nc(Nc2ccc(C#N)cc2)ncc1/C=C/C(=O)N1CCN(S(C)(=O)=O)CC1. The van der Waals surface area contributed by atoms with Gasteiger partial charge in [0.15, 0.2) is 0 Å². The van der Waals surface area contributed by atoms with Gasteiger partial charge in [-0.2, -0.15) is 19.8 Å². The second-order valence-corrected chi connectivity index (χ2v) is 11.2. The second kappa shape index (κ2) is 11.9. The molecule has 0 radical (unpaired) electrons. The summed E-state index contributed by atoms with van der Waals surface area (Å²) in [5.41, 5.74) is 3.62. The molecule has 0 saturated carbocycles. The van der Waals surface area contributed by atoms with E-state index in [9.17, 15) is 18.5 Å². The van der Waals surface area contributed by atoms with E-state index in [1.165, 1.54) is 16.6 Å². The highest BCUT2D eigenvalue weighted by molar-refractivity contribution is 7.88. The Labute approximate surface area is 233 Å². The van der Waals surface area contributed by atoms with Crippen LogP contribution in [0, 0.1) is 36.5 Å². The fraction of sp³-hybridized carbons (Fsp3) is 0.250. The van der Waals surface area contributed by atoms with Crippen molar-refractivity contribution in [2.75, 3.05) is 37.8 Å². The Morgan fingerprint density at radius 2 is 1.65 bits per heavy atom. The van der Waals surface area contributed by atoms with Crippen molar-refractivity contribution < 1.29 is 17.9 Å². The van der Waals surface area contributed by atoms with Crippen molar-refractivity contribution in [3.05, 3.63) is 76.5 Å². The average molecular weight is 558 g/mol. The number of hydrogen-bond acceptors (Lipinski definition) is 9.